The molecule has 5 aromatic rings. The van der Waals surface area contributed by atoms with Gasteiger partial charge in [-0.1, -0.05) is 97.1 Å². The molecule has 33 heavy (non-hydrogen) atoms. The number of hydrogen-bond acceptors (Lipinski definition) is 2. The molecule has 0 N–H and O–H groups in total. The van der Waals surface area contributed by atoms with E-state index in [1.165, 1.54) is 0 Å². The zero-order chi connectivity index (χ0) is 22.5. The van der Waals surface area contributed by atoms with Crippen LogP contribution in [-0.4, -0.2) is 10.9 Å². The first-order valence-corrected chi connectivity index (χ1v) is 10.9. The molecule has 0 unspecified atom stereocenters. The van der Waals surface area contributed by atoms with Crippen LogP contribution in [0.15, 0.2) is 133 Å². The van der Waals surface area contributed by atoms with Crippen LogP contribution in [0.25, 0.3) is 22.4 Å². The van der Waals surface area contributed by atoms with Gasteiger partial charge in [-0.3, -0.25) is 9.69 Å². The summed E-state index contributed by atoms with van der Waals surface area (Å²) in [5.41, 5.74) is 5.70. The van der Waals surface area contributed by atoms with Crippen molar-refractivity contribution in [2.75, 3.05) is 4.90 Å². The van der Waals surface area contributed by atoms with Crippen LogP contribution in [-0.2, 0) is 0 Å². The monoisotopic (exact) mass is 426 g/mol. The van der Waals surface area contributed by atoms with Crippen LogP contribution in [0.5, 0.6) is 0 Å². The Kier molecular flexibility index (Phi) is 5.77. The zero-order valence-electron chi connectivity index (χ0n) is 18.0. The molecule has 0 fully saturated rings. The summed E-state index contributed by atoms with van der Waals surface area (Å²) in [6, 6.07) is 43.3. The Bertz CT molecular complexity index is 1260. The second kappa shape index (κ2) is 9.33. The first kappa shape index (κ1) is 20.4. The summed E-state index contributed by atoms with van der Waals surface area (Å²) in [5, 5.41) is 0. The lowest BCUT2D eigenvalue weighted by molar-refractivity contribution is 0.0994. The van der Waals surface area contributed by atoms with Crippen molar-refractivity contribution in [3.8, 4) is 22.4 Å². The fourth-order valence-electron chi connectivity index (χ4n) is 3.85. The van der Waals surface area contributed by atoms with Crippen LogP contribution >= 0.6 is 0 Å². The highest BCUT2D eigenvalue weighted by atomic mass is 16.2. The molecule has 0 saturated carbocycles. The van der Waals surface area contributed by atoms with Gasteiger partial charge < -0.3 is 0 Å². The Morgan fingerprint density at radius 2 is 0.970 bits per heavy atom. The summed E-state index contributed by atoms with van der Waals surface area (Å²) in [4.78, 5) is 20.5. The molecule has 0 aliphatic carbocycles. The Hall–Kier alpha value is -4.50. The van der Waals surface area contributed by atoms with Crippen molar-refractivity contribution < 1.29 is 4.79 Å². The second-order valence-corrected chi connectivity index (χ2v) is 7.67. The van der Waals surface area contributed by atoms with Gasteiger partial charge in [0.2, 0.25) is 0 Å². The fraction of sp³-hybridized carbons (Fsp3) is 0. The molecule has 0 atom stereocenters. The van der Waals surface area contributed by atoms with Gasteiger partial charge in [-0.25, -0.2) is 4.98 Å². The molecule has 0 saturated heterocycles. The average Bonchev–Trinajstić information content (AvgIpc) is 2.91. The summed E-state index contributed by atoms with van der Waals surface area (Å²) in [6.07, 6.45) is 0. The van der Waals surface area contributed by atoms with Crippen molar-refractivity contribution in [2.24, 2.45) is 0 Å². The Labute approximate surface area is 193 Å². The zero-order valence-corrected chi connectivity index (χ0v) is 18.0. The number of anilines is 2. The van der Waals surface area contributed by atoms with E-state index in [-0.39, 0.29) is 5.91 Å². The highest BCUT2D eigenvalue weighted by Crippen LogP contribution is 2.30. The number of carbonyl (C=O) groups excluding carboxylic acids is 1. The Morgan fingerprint density at radius 1 is 0.515 bits per heavy atom. The molecule has 158 valence electrons. The van der Waals surface area contributed by atoms with E-state index in [9.17, 15) is 4.79 Å². The van der Waals surface area contributed by atoms with Gasteiger partial charge in [0.1, 0.15) is 5.69 Å². The third-order valence-electron chi connectivity index (χ3n) is 5.45. The van der Waals surface area contributed by atoms with E-state index in [1.807, 2.05) is 133 Å². The van der Waals surface area contributed by atoms with E-state index >= 15 is 0 Å². The molecule has 1 aromatic heterocycles. The number of pyridine rings is 1. The smallest absolute Gasteiger partial charge is 0.276 e. The van der Waals surface area contributed by atoms with Crippen molar-refractivity contribution in [3.05, 3.63) is 139 Å². The molecule has 0 aliphatic rings. The topological polar surface area (TPSA) is 33.2 Å². The van der Waals surface area contributed by atoms with Gasteiger partial charge in [0.05, 0.1) is 5.69 Å². The minimum atomic E-state index is -0.178. The van der Waals surface area contributed by atoms with E-state index < -0.39 is 0 Å². The van der Waals surface area contributed by atoms with Crippen molar-refractivity contribution >= 4 is 17.3 Å². The molecular formula is C30H22N2O. The van der Waals surface area contributed by atoms with Crippen LogP contribution in [0, 0.1) is 0 Å². The standard InChI is InChI=1S/C30H22N2O/c33-30(32(26-17-9-3-10-18-26)27-19-11-4-12-20-27)29-22-25(23-13-5-1-6-14-23)21-28(31-29)24-15-7-2-8-16-24/h1-22H. The molecule has 3 heteroatoms. The second-order valence-electron chi connectivity index (χ2n) is 7.67. The molecule has 0 radical (unpaired) electrons. The van der Waals surface area contributed by atoms with Gasteiger partial charge in [0.15, 0.2) is 0 Å². The Morgan fingerprint density at radius 3 is 1.48 bits per heavy atom. The van der Waals surface area contributed by atoms with Crippen LogP contribution < -0.4 is 4.90 Å². The summed E-state index contributed by atoms with van der Waals surface area (Å²) < 4.78 is 0. The predicted molar refractivity (Wildman–Crippen MR) is 134 cm³/mol. The van der Waals surface area contributed by atoms with Gasteiger partial charge in [-0.2, -0.15) is 0 Å². The molecule has 5 rings (SSSR count). The summed E-state index contributed by atoms with van der Waals surface area (Å²) in [5.74, 6) is -0.178. The van der Waals surface area contributed by atoms with Gasteiger partial charge in [-0.15, -0.1) is 0 Å². The maximum atomic E-state index is 14.0. The van der Waals surface area contributed by atoms with Gasteiger partial charge in [0, 0.05) is 16.9 Å². The highest BCUT2D eigenvalue weighted by molar-refractivity contribution is 6.10. The summed E-state index contributed by atoms with van der Waals surface area (Å²) in [6.45, 7) is 0. The average molecular weight is 427 g/mol. The van der Waals surface area contributed by atoms with E-state index in [4.69, 9.17) is 4.98 Å². The molecule has 3 nitrogen and oxygen atoms in total. The first-order chi connectivity index (χ1) is 16.3. The summed E-state index contributed by atoms with van der Waals surface area (Å²) >= 11 is 0. The van der Waals surface area contributed by atoms with Crippen molar-refractivity contribution in [2.45, 2.75) is 0 Å². The largest absolute Gasteiger partial charge is 0.281 e. The number of benzene rings is 4. The Balaban J connectivity index is 1.67. The van der Waals surface area contributed by atoms with Crippen LogP contribution in [0.2, 0.25) is 0 Å². The molecular weight excluding hydrogens is 404 g/mol. The normalized spacial score (nSPS) is 10.5. The summed E-state index contributed by atoms with van der Waals surface area (Å²) in [7, 11) is 0. The van der Waals surface area contributed by atoms with E-state index in [0.717, 1.165) is 33.8 Å². The molecule has 4 aromatic carbocycles. The minimum Gasteiger partial charge on any atom is -0.276 e. The van der Waals surface area contributed by atoms with Crippen LogP contribution in [0.3, 0.4) is 0 Å². The number of carbonyl (C=O) groups is 1. The van der Waals surface area contributed by atoms with E-state index in [2.05, 4.69) is 0 Å². The third-order valence-corrected chi connectivity index (χ3v) is 5.45. The first-order valence-electron chi connectivity index (χ1n) is 10.9. The molecule has 0 spiro atoms. The van der Waals surface area contributed by atoms with Crippen LogP contribution in [0.1, 0.15) is 10.5 Å². The minimum absolute atomic E-state index is 0.178. The lowest BCUT2D eigenvalue weighted by Gasteiger charge is -2.23. The van der Waals surface area contributed by atoms with E-state index in [0.29, 0.717) is 5.69 Å². The fourth-order valence-corrected chi connectivity index (χ4v) is 3.85. The molecule has 1 amide bonds. The third kappa shape index (κ3) is 4.43. The number of hydrogen-bond donors (Lipinski definition) is 0. The molecule has 1 heterocycles. The van der Waals surface area contributed by atoms with Crippen molar-refractivity contribution in [3.63, 3.8) is 0 Å². The number of amides is 1. The van der Waals surface area contributed by atoms with Gasteiger partial charge in [-0.05, 0) is 47.5 Å². The maximum absolute atomic E-state index is 14.0. The number of nitrogens with zero attached hydrogens (tertiary/aromatic N) is 2. The van der Waals surface area contributed by atoms with Crippen molar-refractivity contribution in [1.29, 1.82) is 0 Å². The number of aromatic nitrogens is 1. The number of rotatable bonds is 5. The highest BCUT2D eigenvalue weighted by Gasteiger charge is 2.22. The lowest BCUT2D eigenvalue weighted by atomic mass is 10.0. The van der Waals surface area contributed by atoms with Crippen LogP contribution in [0.4, 0.5) is 11.4 Å². The maximum Gasteiger partial charge on any atom is 0.281 e. The molecule has 0 bridgehead atoms. The van der Waals surface area contributed by atoms with Crippen molar-refractivity contribution in [1.82, 2.24) is 4.98 Å². The predicted octanol–water partition coefficient (Wildman–Crippen LogP) is 7.39. The SMILES string of the molecule is O=C(c1cc(-c2ccccc2)cc(-c2ccccc2)n1)N(c1ccccc1)c1ccccc1. The quantitative estimate of drug-likeness (QED) is 0.293. The van der Waals surface area contributed by atoms with E-state index in [1.54, 1.807) is 4.90 Å². The lowest BCUT2D eigenvalue weighted by Crippen LogP contribution is -2.27. The van der Waals surface area contributed by atoms with Gasteiger partial charge in [0.25, 0.3) is 5.91 Å². The number of para-hydroxylation sites is 2. The van der Waals surface area contributed by atoms with Gasteiger partial charge >= 0.3 is 0 Å². The molecule has 0 aliphatic heterocycles.